The average molecular weight is 679 g/mol. The summed E-state index contributed by atoms with van der Waals surface area (Å²) in [6.07, 6.45) is 5.38. The monoisotopic (exact) mass is 678 g/mol. The second-order valence-corrected chi connectivity index (χ2v) is 14.0. The first kappa shape index (κ1) is 34.1. The summed E-state index contributed by atoms with van der Waals surface area (Å²) in [6, 6.07) is 16.7. The highest BCUT2D eigenvalue weighted by atomic mass is 16.5. The van der Waals surface area contributed by atoms with Gasteiger partial charge >= 0.3 is 0 Å². The number of aryl methyl sites for hydroxylation is 3. The standard InChI is InChI=1S/C39H50N8O3/c1-4-35-33(38(44-29-11-13-50-14-12-29)34-22-43-47(5-2)39(34)45-35)21-42-37(49)18-36(48)41-19-26-10-9-25(3)32(16-26)28-8-6-7-27(15-28)23-46-24-30-17-31(46)20-40-30/h6-10,15-16,22,29-31,40H,4-5,11-14,17-21,23-24H2,1-3H3,(H,41,48)(H,42,49)(H,44,45)/t30-,31-/m1/s1. The van der Waals surface area contributed by atoms with Gasteiger partial charge in [0.05, 0.1) is 17.3 Å². The Morgan fingerprint density at radius 3 is 2.58 bits per heavy atom. The number of likely N-dealkylation sites (tertiary alicyclic amines) is 1. The number of carbonyl (C=O) groups excluding carboxylic acids is 2. The first-order valence-electron chi connectivity index (χ1n) is 18.3. The number of anilines is 1. The lowest BCUT2D eigenvalue weighted by Crippen LogP contribution is -2.42. The number of fused-ring (bicyclic) bond motifs is 3. The Balaban J connectivity index is 0.973. The number of benzene rings is 2. The van der Waals surface area contributed by atoms with Crippen LogP contribution in [-0.4, -0.2) is 75.9 Å². The Labute approximate surface area is 294 Å². The summed E-state index contributed by atoms with van der Waals surface area (Å²) in [7, 11) is 0. The number of amides is 2. The van der Waals surface area contributed by atoms with E-state index < -0.39 is 0 Å². The second kappa shape index (κ2) is 15.3. The zero-order valence-electron chi connectivity index (χ0n) is 29.6. The van der Waals surface area contributed by atoms with Crippen molar-refractivity contribution >= 4 is 28.5 Å². The zero-order valence-corrected chi connectivity index (χ0v) is 29.6. The molecule has 4 aromatic rings. The molecule has 3 fully saturated rings. The number of aromatic nitrogens is 3. The maximum Gasteiger partial charge on any atom is 0.229 e. The lowest BCUT2D eigenvalue weighted by atomic mass is 9.96. The van der Waals surface area contributed by atoms with Crippen molar-refractivity contribution in [2.24, 2.45) is 0 Å². The SMILES string of the molecule is CCc1nc2c(cnn2CC)c(NC2CCOCC2)c1CNC(=O)CC(=O)NCc1ccc(C)c(-c2cccc(CN3C[C@H]4C[C@@H]3CN4)c2)c1. The molecule has 2 aromatic heterocycles. The zero-order chi connectivity index (χ0) is 34.6. The van der Waals surface area contributed by atoms with Crippen molar-refractivity contribution in [2.75, 3.05) is 31.6 Å². The van der Waals surface area contributed by atoms with Gasteiger partial charge in [0.2, 0.25) is 11.8 Å². The van der Waals surface area contributed by atoms with E-state index in [0.717, 1.165) is 91.3 Å². The summed E-state index contributed by atoms with van der Waals surface area (Å²) >= 11 is 0. The Kier molecular flexibility index (Phi) is 10.4. The summed E-state index contributed by atoms with van der Waals surface area (Å²) in [4.78, 5) is 33.6. The Morgan fingerprint density at radius 2 is 1.84 bits per heavy atom. The Bertz CT molecular complexity index is 1850. The molecule has 0 radical (unpaired) electrons. The van der Waals surface area contributed by atoms with E-state index in [1.54, 1.807) is 0 Å². The van der Waals surface area contributed by atoms with Crippen LogP contribution in [0.3, 0.4) is 0 Å². The van der Waals surface area contributed by atoms with Crippen LogP contribution < -0.4 is 21.3 Å². The quantitative estimate of drug-likeness (QED) is 0.153. The van der Waals surface area contributed by atoms with Crippen molar-refractivity contribution in [1.82, 2.24) is 35.6 Å². The van der Waals surface area contributed by atoms with Gasteiger partial charge in [0.15, 0.2) is 5.65 Å². The lowest BCUT2D eigenvalue weighted by Gasteiger charge is -2.27. The fourth-order valence-corrected chi connectivity index (χ4v) is 7.76. The summed E-state index contributed by atoms with van der Waals surface area (Å²) in [5.41, 5.74) is 9.50. The minimum absolute atomic E-state index is 0.248. The van der Waals surface area contributed by atoms with Gasteiger partial charge in [-0.3, -0.25) is 14.5 Å². The number of rotatable bonds is 13. The molecule has 50 heavy (non-hydrogen) atoms. The second-order valence-electron chi connectivity index (χ2n) is 14.0. The van der Waals surface area contributed by atoms with Crippen molar-refractivity contribution in [3.05, 3.63) is 76.6 Å². The van der Waals surface area contributed by atoms with Crippen molar-refractivity contribution < 1.29 is 14.3 Å². The summed E-state index contributed by atoms with van der Waals surface area (Å²) < 4.78 is 7.49. The largest absolute Gasteiger partial charge is 0.381 e. The predicted molar refractivity (Wildman–Crippen MR) is 196 cm³/mol. The van der Waals surface area contributed by atoms with Gasteiger partial charge in [-0.25, -0.2) is 9.67 Å². The molecule has 7 rings (SSSR count). The summed E-state index contributed by atoms with van der Waals surface area (Å²) in [5.74, 6) is -0.635. The van der Waals surface area contributed by atoms with E-state index in [-0.39, 0.29) is 30.8 Å². The van der Waals surface area contributed by atoms with E-state index in [0.29, 0.717) is 25.0 Å². The number of ether oxygens (including phenoxy) is 1. The van der Waals surface area contributed by atoms with E-state index in [4.69, 9.17) is 9.72 Å². The molecule has 2 amide bonds. The van der Waals surface area contributed by atoms with Crippen LogP contribution in [0.2, 0.25) is 0 Å². The maximum absolute atomic E-state index is 13.1. The van der Waals surface area contributed by atoms with Crippen molar-refractivity contribution in [2.45, 2.75) is 97.2 Å². The number of pyridine rings is 1. The van der Waals surface area contributed by atoms with Gasteiger partial charge in [-0.2, -0.15) is 5.10 Å². The number of carbonyl (C=O) groups is 2. The molecule has 0 aliphatic carbocycles. The molecule has 5 heterocycles. The average Bonchev–Trinajstić information content (AvgIpc) is 3.87. The van der Waals surface area contributed by atoms with Gasteiger partial charge in [0.25, 0.3) is 0 Å². The molecule has 2 aromatic carbocycles. The van der Waals surface area contributed by atoms with Crippen molar-refractivity contribution in [3.8, 4) is 11.1 Å². The molecule has 11 nitrogen and oxygen atoms in total. The van der Waals surface area contributed by atoms with Crippen molar-refractivity contribution in [3.63, 3.8) is 0 Å². The minimum atomic E-state index is -0.325. The Morgan fingerprint density at radius 1 is 1.02 bits per heavy atom. The first-order chi connectivity index (χ1) is 24.4. The maximum atomic E-state index is 13.1. The fourth-order valence-electron chi connectivity index (χ4n) is 7.76. The van der Waals surface area contributed by atoms with E-state index in [9.17, 15) is 9.59 Å². The number of hydrogen-bond donors (Lipinski definition) is 4. The smallest absolute Gasteiger partial charge is 0.229 e. The normalized spacial score (nSPS) is 19.3. The van der Waals surface area contributed by atoms with Crippen LogP contribution in [0.15, 0.2) is 48.7 Å². The van der Waals surface area contributed by atoms with Crippen LogP contribution in [0.4, 0.5) is 5.69 Å². The molecule has 3 saturated heterocycles. The van der Waals surface area contributed by atoms with Gasteiger partial charge in [-0.1, -0.05) is 37.3 Å². The third-order valence-electron chi connectivity index (χ3n) is 10.5. The highest BCUT2D eigenvalue weighted by molar-refractivity contribution is 5.97. The predicted octanol–water partition coefficient (Wildman–Crippen LogP) is 4.45. The minimum Gasteiger partial charge on any atom is -0.381 e. The van der Waals surface area contributed by atoms with Crippen LogP contribution in [0.5, 0.6) is 0 Å². The van der Waals surface area contributed by atoms with E-state index in [2.05, 4.69) is 88.4 Å². The molecule has 3 aliphatic rings. The van der Waals surface area contributed by atoms with Crippen LogP contribution in [-0.2, 0) is 46.9 Å². The third-order valence-corrected chi connectivity index (χ3v) is 10.5. The van der Waals surface area contributed by atoms with Gasteiger partial charge in [0, 0.05) is 81.9 Å². The molecule has 2 atom stereocenters. The fraction of sp³-hybridized carbons (Fsp3) is 0.487. The summed E-state index contributed by atoms with van der Waals surface area (Å²) in [6.45, 7) is 12.2. The van der Waals surface area contributed by atoms with Crippen LogP contribution >= 0.6 is 0 Å². The topological polar surface area (TPSA) is 125 Å². The highest BCUT2D eigenvalue weighted by Gasteiger charge is 2.37. The number of nitrogens with one attached hydrogen (secondary N) is 4. The first-order valence-corrected chi connectivity index (χ1v) is 18.3. The van der Waals surface area contributed by atoms with Crippen LogP contribution in [0, 0.1) is 6.92 Å². The van der Waals surface area contributed by atoms with Crippen LogP contribution in [0.25, 0.3) is 22.2 Å². The van der Waals surface area contributed by atoms with E-state index in [1.807, 2.05) is 16.9 Å². The molecule has 4 N–H and O–H groups in total. The van der Waals surface area contributed by atoms with E-state index in [1.165, 1.54) is 23.1 Å². The van der Waals surface area contributed by atoms with Crippen molar-refractivity contribution in [1.29, 1.82) is 0 Å². The molecule has 0 unspecified atom stereocenters. The third kappa shape index (κ3) is 7.55. The molecular formula is C39H50N8O3. The number of nitrogens with zero attached hydrogens (tertiary/aromatic N) is 4. The molecule has 3 aliphatic heterocycles. The Hall–Kier alpha value is -4.32. The molecule has 0 spiro atoms. The lowest BCUT2D eigenvalue weighted by molar-refractivity contribution is -0.129. The number of piperazine rings is 1. The van der Waals surface area contributed by atoms with Gasteiger partial charge < -0.3 is 26.0 Å². The molecule has 0 saturated carbocycles. The van der Waals surface area contributed by atoms with Crippen LogP contribution in [0.1, 0.15) is 67.5 Å². The van der Waals surface area contributed by atoms with Gasteiger partial charge in [-0.15, -0.1) is 0 Å². The molecule has 2 bridgehead atoms. The van der Waals surface area contributed by atoms with Gasteiger partial charge in [-0.05, 0) is 79.5 Å². The highest BCUT2D eigenvalue weighted by Crippen LogP contribution is 2.32. The molecule has 11 heteroatoms. The number of hydrogen-bond acceptors (Lipinski definition) is 8. The molecular weight excluding hydrogens is 628 g/mol. The van der Waals surface area contributed by atoms with Gasteiger partial charge in [0.1, 0.15) is 6.42 Å². The van der Waals surface area contributed by atoms with E-state index >= 15 is 0 Å². The molecule has 264 valence electrons. The summed E-state index contributed by atoms with van der Waals surface area (Å²) in [5, 5.41) is 18.8.